The van der Waals surface area contributed by atoms with Crippen LogP contribution in [0.2, 0.25) is 25.7 Å². The Bertz CT molecular complexity index is 571. The quantitative estimate of drug-likeness (QED) is 0.472. The van der Waals surface area contributed by atoms with Crippen molar-refractivity contribution in [2.45, 2.75) is 70.6 Å². The van der Waals surface area contributed by atoms with Crippen LogP contribution >= 0.6 is 0 Å². The highest BCUT2D eigenvalue weighted by molar-refractivity contribution is 6.76. The van der Waals surface area contributed by atoms with Crippen LogP contribution in [0, 0.1) is 29.1 Å². The molecule has 4 aliphatic rings. The molecular formula is C24H36Si. The summed E-state index contributed by atoms with van der Waals surface area (Å²) < 4.78 is 0. The van der Waals surface area contributed by atoms with Crippen molar-refractivity contribution in [3.05, 3.63) is 42.0 Å². The summed E-state index contributed by atoms with van der Waals surface area (Å²) in [5.74, 6) is 4.04. The summed E-state index contributed by atoms with van der Waals surface area (Å²) in [5, 5.41) is 0. The van der Waals surface area contributed by atoms with Crippen molar-refractivity contribution >= 4 is 14.1 Å². The van der Waals surface area contributed by atoms with Crippen molar-refractivity contribution in [3.63, 3.8) is 0 Å². The van der Waals surface area contributed by atoms with Crippen molar-refractivity contribution in [2.75, 3.05) is 0 Å². The van der Waals surface area contributed by atoms with E-state index in [9.17, 15) is 0 Å². The summed E-state index contributed by atoms with van der Waals surface area (Å²) in [6, 6.07) is 12.4. The van der Waals surface area contributed by atoms with Crippen LogP contribution in [0.25, 0.3) is 6.08 Å². The molecule has 0 saturated heterocycles. The summed E-state index contributed by atoms with van der Waals surface area (Å²) in [6.45, 7) is 7.65. The van der Waals surface area contributed by atoms with E-state index in [1.54, 1.807) is 38.5 Å². The number of rotatable bonds is 6. The first-order valence-electron chi connectivity index (χ1n) is 10.6. The Kier molecular flexibility index (Phi) is 4.73. The van der Waals surface area contributed by atoms with Crippen LogP contribution in [-0.4, -0.2) is 8.07 Å². The molecule has 4 aliphatic carbocycles. The van der Waals surface area contributed by atoms with Gasteiger partial charge in [-0.25, -0.2) is 0 Å². The molecule has 0 heterocycles. The largest absolute Gasteiger partial charge is 0.0811 e. The third-order valence-electron chi connectivity index (χ3n) is 7.10. The predicted octanol–water partition coefficient (Wildman–Crippen LogP) is 7.26. The van der Waals surface area contributed by atoms with Gasteiger partial charge in [-0.1, -0.05) is 68.2 Å². The van der Waals surface area contributed by atoms with Crippen LogP contribution in [0.1, 0.15) is 50.5 Å². The minimum Gasteiger partial charge on any atom is -0.0811 e. The second-order valence-corrected chi connectivity index (χ2v) is 16.4. The van der Waals surface area contributed by atoms with E-state index in [1.165, 1.54) is 18.0 Å². The molecule has 0 aromatic heterocycles. The van der Waals surface area contributed by atoms with Crippen LogP contribution in [-0.2, 0) is 0 Å². The molecule has 1 heteroatoms. The Morgan fingerprint density at radius 2 is 1.52 bits per heavy atom. The van der Waals surface area contributed by atoms with Gasteiger partial charge in [0.15, 0.2) is 0 Å². The van der Waals surface area contributed by atoms with Gasteiger partial charge in [-0.05, 0) is 79.6 Å². The van der Waals surface area contributed by atoms with Gasteiger partial charge >= 0.3 is 0 Å². The number of allylic oxidation sites excluding steroid dienone is 1. The maximum atomic E-state index is 2.59. The summed E-state index contributed by atoms with van der Waals surface area (Å²) in [6.07, 6.45) is 15.8. The molecule has 1 aromatic rings. The van der Waals surface area contributed by atoms with Crippen LogP contribution in [0.15, 0.2) is 36.4 Å². The first-order valence-corrected chi connectivity index (χ1v) is 14.3. The number of benzene rings is 1. The van der Waals surface area contributed by atoms with E-state index in [0.29, 0.717) is 5.41 Å². The molecule has 1 aromatic carbocycles. The topological polar surface area (TPSA) is 0 Å². The van der Waals surface area contributed by atoms with Gasteiger partial charge in [0.2, 0.25) is 0 Å². The molecule has 5 rings (SSSR count). The van der Waals surface area contributed by atoms with Crippen LogP contribution in [0.4, 0.5) is 0 Å². The van der Waals surface area contributed by atoms with Gasteiger partial charge in [-0.2, -0.15) is 0 Å². The molecule has 0 amide bonds. The van der Waals surface area contributed by atoms with E-state index in [2.05, 4.69) is 62.1 Å². The van der Waals surface area contributed by atoms with E-state index in [1.807, 2.05) is 0 Å². The standard InChI is InChI=1S/C24H36Si/c1-25(2,3)18-20(10-9-19-7-5-4-6-8-19)14-24-15-21-11-22(16-24)13-23(12-21)17-24/h4-10,20-23H,11-18H2,1-3H3/b10-9+. The Morgan fingerprint density at radius 1 is 0.960 bits per heavy atom. The maximum absolute atomic E-state index is 2.59. The first-order chi connectivity index (χ1) is 11.9. The number of hydrogen-bond donors (Lipinski definition) is 0. The lowest BCUT2D eigenvalue weighted by atomic mass is 9.48. The molecule has 0 nitrogen and oxygen atoms in total. The molecule has 0 aliphatic heterocycles. The van der Waals surface area contributed by atoms with Gasteiger partial charge in [-0.3, -0.25) is 0 Å². The van der Waals surface area contributed by atoms with Crippen molar-refractivity contribution in [3.8, 4) is 0 Å². The summed E-state index contributed by atoms with van der Waals surface area (Å²) in [7, 11) is -1.04. The fourth-order valence-electron chi connectivity index (χ4n) is 6.90. The van der Waals surface area contributed by atoms with Crippen LogP contribution in [0.3, 0.4) is 0 Å². The Labute approximate surface area is 156 Å². The van der Waals surface area contributed by atoms with Gasteiger partial charge in [0, 0.05) is 8.07 Å². The zero-order valence-corrected chi connectivity index (χ0v) is 17.5. The summed E-state index contributed by atoms with van der Waals surface area (Å²) in [5.41, 5.74) is 2.08. The Hall–Kier alpha value is -0.823. The van der Waals surface area contributed by atoms with E-state index in [0.717, 1.165) is 23.7 Å². The predicted molar refractivity (Wildman–Crippen MR) is 112 cm³/mol. The van der Waals surface area contributed by atoms with Crippen molar-refractivity contribution in [1.82, 2.24) is 0 Å². The average Bonchev–Trinajstić information content (AvgIpc) is 2.50. The summed E-state index contributed by atoms with van der Waals surface area (Å²) >= 11 is 0. The van der Waals surface area contributed by atoms with Crippen molar-refractivity contribution < 1.29 is 0 Å². The Morgan fingerprint density at radius 3 is 2.04 bits per heavy atom. The highest BCUT2D eigenvalue weighted by atomic mass is 28.3. The van der Waals surface area contributed by atoms with E-state index >= 15 is 0 Å². The van der Waals surface area contributed by atoms with Gasteiger partial charge in [0.05, 0.1) is 0 Å². The van der Waals surface area contributed by atoms with Crippen molar-refractivity contribution in [1.29, 1.82) is 0 Å². The number of hydrogen-bond acceptors (Lipinski definition) is 0. The van der Waals surface area contributed by atoms with E-state index in [-0.39, 0.29) is 0 Å². The van der Waals surface area contributed by atoms with Crippen LogP contribution in [0.5, 0.6) is 0 Å². The minimum absolute atomic E-state index is 0.708. The molecule has 4 bridgehead atoms. The molecule has 1 unspecified atom stereocenters. The second-order valence-electron chi connectivity index (χ2n) is 10.9. The molecule has 0 N–H and O–H groups in total. The highest BCUT2D eigenvalue weighted by Crippen LogP contribution is 2.62. The van der Waals surface area contributed by atoms with E-state index < -0.39 is 8.07 Å². The van der Waals surface area contributed by atoms with Gasteiger partial charge < -0.3 is 0 Å². The molecule has 0 spiro atoms. The fourth-order valence-corrected chi connectivity index (χ4v) is 8.76. The van der Waals surface area contributed by atoms with Crippen LogP contribution < -0.4 is 0 Å². The first kappa shape index (κ1) is 17.6. The third-order valence-corrected chi connectivity index (χ3v) is 8.84. The normalized spacial score (nSPS) is 35.4. The molecule has 4 fully saturated rings. The third kappa shape index (κ3) is 4.30. The molecule has 0 radical (unpaired) electrons. The molecule has 136 valence electrons. The fraction of sp³-hybridized carbons (Fsp3) is 0.667. The lowest BCUT2D eigenvalue weighted by molar-refractivity contribution is -0.0617. The van der Waals surface area contributed by atoms with Gasteiger partial charge in [-0.15, -0.1) is 0 Å². The average molecular weight is 353 g/mol. The highest BCUT2D eigenvalue weighted by Gasteiger charge is 2.51. The smallest absolute Gasteiger partial charge is 0.0448 e. The van der Waals surface area contributed by atoms with Gasteiger partial charge in [0.1, 0.15) is 0 Å². The summed E-state index contributed by atoms with van der Waals surface area (Å²) in [4.78, 5) is 0. The molecular weight excluding hydrogens is 316 g/mol. The molecule has 4 saturated carbocycles. The monoisotopic (exact) mass is 352 g/mol. The van der Waals surface area contributed by atoms with E-state index in [4.69, 9.17) is 0 Å². The van der Waals surface area contributed by atoms with Gasteiger partial charge in [0.25, 0.3) is 0 Å². The zero-order chi connectivity index (χ0) is 17.5. The van der Waals surface area contributed by atoms with Crippen molar-refractivity contribution in [2.24, 2.45) is 29.1 Å². The minimum atomic E-state index is -1.04. The lowest BCUT2D eigenvalue weighted by Gasteiger charge is -2.58. The zero-order valence-electron chi connectivity index (χ0n) is 16.5. The molecule has 25 heavy (non-hydrogen) atoms. The lowest BCUT2D eigenvalue weighted by Crippen LogP contribution is -2.47. The Balaban J connectivity index is 1.51. The second kappa shape index (κ2) is 6.72. The molecule has 1 atom stereocenters. The SMILES string of the molecule is C[Si](C)(C)CC(/C=C/c1ccccc1)CC12CC3CC(CC(C3)C1)C2. The maximum Gasteiger partial charge on any atom is 0.0448 e.